The quantitative estimate of drug-likeness (QED) is 0.669. The first kappa shape index (κ1) is 11.2. The van der Waals surface area contributed by atoms with Crippen molar-refractivity contribution in [2.24, 2.45) is 0 Å². The van der Waals surface area contributed by atoms with E-state index < -0.39 is 0 Å². The minimum Gasteiger partial charge on any atom is -0.396 e. The largest absolute Gasteiger partial charge is 0.396 e. The summed E-state index contributed by atoms with van der Waals surface area (Å²) >= 11 is 5.80. The molecule has 0 spiro atoms. The summed E-state index contributed by atoms with van der Waals surface area (Å²) in [5.41, 5.74) is -0.136. The van der Waals surface area contributed by atoms with E-state index in [0.29, 0.717) is 13.0 Å². The second-order valence-electron chi connectivity index (χ2n) is 3.53. The molecule has 0 aromatic heterocycles. The van der Waals surface area contributed by atoms with Crippen LogP contribution in [0.4, 0.5) is 0 Å². The van der Waals surface area contributed by atoms with Crippen LogP contribution >= 0.6 is 11.6 Å². The van der Waals surface area contributed by atoms with E-state index in [2.05, 4.69) is 0 Å². The lowest BCUT2D eigenvalue weighted by molar-refractivity contribution is -0.00436. The van der Waals surface area contributed by atoms with Crippen LogP contribution in [-0.4, -0.2) is 29.3 Å². The molecule has 0 aliphatic rings. The van der Waals surface area contributed by atoms with Gasteiger partial charge in [-0.2, -0.15) is 0 Å². The fraction of sp³-hybridized carbons (Fsp3) is 1.00. The van der Waals surface area contributed by atoms with Crippen molar-refractivity contribution in [3.63, 3.8) is 0 Å². The molecular formula is C8H17ClO2. The molecule has 0 fully saturated rings. The van der Waals surface area contributed by atoms with Gasteiger partial charge in [-0.15, -0.1) is 11.6 Å². The van der Waals surface area contributed by atoms with Crippen LogP contribution in [0.25, 0.3) is 0 Å². The van der Waals surface area contributed by atoms with E-state index in [4.69, 9.17) is 21.4 Å². The fourth-order valence-electron chi connectivity index (χ4n) is 0.564. The number of halogens is 1. The number of alkyl halides is 1. The zero-order chi connectivity index (χ0) is 8.91. The van der Waals surface area contributed by atoms with E-state index >= 15 is 0 Å². The van der Waals surface area contributed by atoms with Gasteiger partial charge in [0.05, 0.1) is 17.6 Å². The van der Waals surface area contributed by atoms with Gasteiger partial charge in [-0.1, -0.05) is 0 Å². The predicted octanol–water partition coefficient (Wildman–Crippen LogP) is 1.79. The first-order valence-corrected chi connectivity index (χ1v) is 4.28. The average Bonchev–Trinajstić information content (AvgIpc) is 1.83. The van der Waals surface area contributed by atoms with Crippen LogP contribution < -0.4 is 0 Å². The lowest BCUT2D eigenvalue weighted by atomic mass is 10.2. The molecule has 2 nitrogen and oxygen atoms in total. The van der Waals surface area contributed by atoms with Gasteiger partial charge in [0.25, 0.3) is 0 Å². The Morgan fingerprint density at radius 1 is 1.45 bits per heavy atom. The standard InChI is InChI=1S/C8H17ClO2/c1-8(2,3)11-6-7(9)4-5-10/h7,10H,4-6H2,1-3H3. The Bertz CT molecular complexity index is 98.8. The summed E-state index contributed by atoms with van der Waals surface area (Å²) in [7, 11) is 0. The maximum atomic E-state index is 8.53. The molecule has 0 radical (unpaired) electrons. The number of hydrogen-bond donors (Lipinski definition) is 1. The molecule has 1 N–H and O–H groups in total. The maximum Gasteiger partial charge on any atom is 0.0638 e. The molecule has 0 saturated heterocycles. The van der Waals surface area contributed by atoms with Crippen LogP contribution in [0, 0.1) is 0 Å². The van der Waals surface area contributed by atoms with Crippen molar-refractivity contribution < 1.29 is 9.84 Å². The summed E-state index contributed by atoms with van der Waals surface area (Å²) in [6.07, 6.45) is 0.595. The summed E-state index contributed by atoms with van der Waals surface area (Å²) in [6, 6.07) is 0. The number of hydrogen-bond acceptors (Lipinski definition) is 2. The third-order valence-corrected chi connectivity index (χ3v) is 1.48. The van der Waals surface area contributed by atoms with E-state index in [1.807, 2.05) is 20.8 Å². The number of aliphatic hydroxyl groups is 1. The second kappa shape index (κ2) is 4.96. The fourth-order valence-corrected chi connectivity index (χ4v) is 0.724. The highest BCUT2D eigenvalue weighted by Gasteiger charge is 2.12. The molecule has 0 saturated carbocycles. The highest BCUT2D eigenvalue weighted by molar-refractivity contribution is 6.20. The highest BCUT2D eigenvalue weighted by Crippen LogP contribution is 2.10. The van der Waals surface area contributed by atoms with Crippen molar-refractivity contribution in [2.75, 3.05) is 13.2 Å². The summed E-state index contributed by atoms with van der Waals surface area (Å²) in [5, 5.41) is 8.46. The van der Waals surface area contributed by atoms with Gasteiger partial charge < -0.3 is 9.84 Å². The van der Waals surface area contributed by atoms with Crippen LogP contribution in [0.5, 0.6) is 0 Å². The molecule has 1 atom stereocenters. The van der Waals surface area contributed by atoms with Crippen LogP contribution in [0.2, 0.25) is 0 Å². The zero-order valence-corrected chi connectivity index (χ0v) is 8.19. The lowest BCUT2D eigenvalue weighted by Gasteiger charge is -2.21. The van der Waals surface area contributed by atoms with Gasteiger partial charge in [0.15, 0.2) is 0 Å². The van der Waals surface area contributed by atoms with Crippen molar-refractivity contribution in [3.05, 3.63) is 0 Å². The zero-order valence-electron chi connectivity index (χ0n) is 7.43. The Kier molecular flexibility index (Phi) is 5.06. The van der Waals surface area contributed by atoms with E-state index in [1.165, 1.54) is 0 Å². The summed E-state index contributed by atoms with van der Waals surface area (Å²) in [4.78, 5) is 0. The van der Waals surface area contributed by atoms with E-state index in [1.54, 1.807) is 0 Å². The molecule has 0 aliphatic heterocycles. The maximum absolute atomic E-state index is 8.53. The molecule has 0 aliphatic carbocycles. The van der Waals surface area contributed by atoms with Gasteiger partial charge in [0.2, 0.25) is 0 Å². The van der Waals surface area contributed by atoms with Crippen molar-refractivity contribution in [1.29, 1.82) is 0 Å². The van der Waals surface area contributed by atoms with Crippen molar-refractivity contribution in [3.8, 4) is 0 Å². The van der Waals surface area contributed by atoms with Gasteiger partial charge in [0.1, 0.15) is 0 Å². The van der Waals surface area contributed by atoms with Gasteiger partial charge >= 0.3 is 0 Å². The molecule has 0 aromatic rings. The molecule has 3 heteroatoms. The minimum absolute atomic E-state index is 0.0702. The summed E-state index contributed by atoms with van der Waals surface area (Å²) < 4.78 is 5.40. The molecular weight excluding hydrogens is 164 g/mol. The number of ether oxygens (including phenoxy) is 1. The van der Waals surface area contributed by atoms with Gasteiger partial charge in [-0.3, -0.25) is 0 Å². The second-order valence-corrected chi connectivity index (χ2v) is 4.15. The lowest BCUT2D eigenvalue weighted by Crippen LogP contribution is -2.24. The molecule has 0 heterocycles. The third kappa shape index (κ3) is 8.11. The monoisotopic (exact) mass is 180 g/mol. The highest BCUT2D eigenvalue weighted by atomic mass is 35.5. The smallest absolute Gasteiger partial charge is 0.0638 e. The first-order valence-electron chi connectivity index (χ1n) is 3.84. The van der Waals surface area contributed by atoms with Gasteiger partial charge in [-0.25, -0.2) is 0 Å². The predicted molar refractivity (Wildman–Crippen MR) is 47.0 cm³/mol. The van der Waals surface area contributed by atoms with Crippen LogP contribution in [0.3, 0.4) is 0 Å². The number of aliphatic hydroxyl groups excluding tert-OH is 1. The molecule has 0 aromatic carbocycles. The van der Waals surface area contributed by atoms with E-state index in [0.717, 1.165) is 0 Å². The summed E-state index contributed by atoms with van der Waals surface area (Å²) in [5.74, 6) is 0. The summed E-state index contributed by atoms with van der Waals surface area (Å²) in [6.45, 7) is 6.58. The third-order valence-electron chi connectivity index (χ3n) is 1.14. The van der Waals surface area contributed by atoms with Crippen LogP contribution in [-0.2, 0) is 4.74 Å². The SMILES string of the molecule is CC(C)(C)OCC(Cl)CCO. The van der Waals surface area contributed by atoms with Crippen LogP contribution in [0.15, 0.2) is 0 Å². The van der Waals surface area contributed by atoms with Crippen LogP contribution in [0.1, 0.15) is 27.2 Å². The molecule has 68 valence electrons. The number of rotatable bonds is 4. The topological polar surface area (TPSA) is 29.5 Å². The van der Waals surface area contributed by atoms with Crippen molar-refractivity contribution in [1.82, 2.24) is 0 Å². The molecule has 11 heavy (non-hydrogen) atoms. The van der Waals surface area contributed by atoms with Crippen molar-refractivity contribution in [2.45, 2.75) is 38.2 Å². The molecule has 0 rings (SSSR count). The first-order chi connectivity index (χ1) is 4.95. The Morgan fingerprint density at radius 2 is 2.00 bits per heavy atom. The van der Waals surface area contributed by atoms with Gasteiger partial charge in [0, 0.05) is 6.61 Å². The minimum atomic E-state index is -0.136. The van der Waals surface area contributed by atoms with E-state index in [-0.39, 0.29) is 17.6 Å². The average molecular weight is 181 g/mol. The van der Waals surface area contributed by atoms with E-state index in [9.17, 15) is 0 Å². The Morgan fingerprint density at radius 3 is 2.36 bits per heavy atom. The Labute approximate surface area is 73.5 Å². The Balaban J connectivity index is 3.38. The van der Waals surface area contributed by atoms with Crippen molar-refractivity contribution >= 4 is 11.6 Å². The molecule has 0 bridgehead atoms. The molecule has 0 amide bonds. The normalized spacial score (nSPS) is 15.0. The Hall–Kier alpha value is 0.210. The van der Waals surface area contributed by atoms with Gasteiger partial charge in [-0.05, 0) is 27.2 Å². The molecule has 1 unspecified atom stereocenters.